The van der Waals surface area contributed by atoms with Crippen LogP contribution in [-0.4, -0.2) is 35.5 Å². The number of hydrogen-bond donors (Lipinski definition) is 0. The molecule has 6 aromatic rings. The fraction of sp³-hybridized carbons (Fsp3) is 0.208. The number of hydrogen-bond acceptors (Lipinski definition) is 6. The van der Waals surface area contributed by atoms with E-state index < -0.39 is 22.6 Å². The molecular weight excluding hydrogens is 729 g/mol. The Morgan fingerprint density at radius 1 is 0.518 bits per heavy atom. The minimum Gasteiger partial charge on any atom is -0.496 e. The Bertz CT molecular complexity index is 2190. The molecule has 286 valence electrons. The zero-order valence-electron chi connectivity index (χ0n) is 32.7. The molecule has 0 amide bonds. The van der Waals surface area contributed by atoms with Gasteiger partial charge in [0.1, 0.15) is 23.0 Å². The van der Waals surface area contributed by atoms with Crippen LogP contribution in [-0.2, 0) is 17.0 Å². The van der Waals surface area contributed by atoms with Crippen molar-refractivity contribution in [3.8, 4) is 23.0 Å². The predicted octanol–water partition coefficient (Wildman–Crippen LogP) is 10.5. The number of carbonyl (C=O) groups excluding carboxylic acids is 2. The maximum Gasteiger partial charge on any atom is 0.343 e. The molecule has 0 aromatic heterocycles. The molecule has 0 aliphatic carbocycles. The molecule has 2 unspecified atom stereocenters. The highest BCUT2D eigenvalue weighted by molar-refractivity contribution is 6.97. The highest BCUT2D eigenvalue weighted by atomic mass is 28.4. The summed E-state index contributed by atoms with van der Waals surface area (Å²) in [6, 6.07) is 53.4. The first-order valence-electron chi connectivity index (χ1n) is 19.3. The minimum atomic E-state index is -2.49. The second-order valence-electron chi connectivity index (χ2n) is 14.5. The van der Waals surface area contributed by atoms with Gasteiger partial charge in [-0.1, -0.05) is 97.1 Å². The van der Waals surface area contributed by atoms with E-state index in [1.54, 1.807) is 55.6 Å². The van der Waals surface area contributed by atoms with Crippen molar-refractivity contribution in [1.29, 1.82) is 0 Å². The van der Waals surface area contributed by atoms with Gasteiger partial charge in [-0.2, -0.15) is 0 Å². The smallest absolute Gasteiger partial charge is 0.343 e. The minimum absolute atomic E-state index is 0.00160. The Labute approximate surface area is 333 Å². The molecule has 6 aromatic carbocycles. The Kier molecular flexibility index (Phi) is 13.5. The van der Waals surface area contributed by atoms with Crippen LogP contribution in [0.1, 0.15) is 51.6 Å². The van der Waals surface area contributed by atoms with Crippen molar-refractivity contribution in [2.75, 3.05) is 7.11 Å². The Balaban J connectivity index is 1.14. The maximum absolute atomic E-state index is 13.3. The fourth-order valence-electron chi connectivity index (χ4n) is 7.25. The summed E-state index contributed by atoms with van der Waals surface area (Å²) in [6.07, 6.45) is 3.56. The summed E-state index contributed by atoms with van der Waals surface area (Å²) >= 11 is 0. The number of rotatable bonds is 18. The van der Waals surface area contributed by atoms with Crippen LogP contribution in [0, 0.1) is 0 Å². The lowest BCUT2D eigenvalue weighted by atomic mass is 10.1. The van der Waals surface area contributed by atoms with Crippen molar-refractivity contribution in [2.45, 2.75) is 57.8 Å². The SMILES string of the molecule is COc1ccccc1CCC[Si](C)(O[Si](C)(CCCc1ccccc1OC(=O)c1ccc(Oc2ccc(C(C)=O)cc2)cc1)c1ccccc1)c1ccccc1. The van der Waals surface area contributed by atoms with Crippen LogP contribution in [0.25, 0.3) is 0 Å². The molecule has 2 atom stereocenters. The zero-order chi connectivity index (χ0) is 39.4. The number of ketones is 1. The standard InChI is InChI=1S/C48H50O6Si2/c1-37(49)38-27-31-42(32-28-38)52-43-33-29-41(30-34-43)48(50)53-47-26-14-12-18-40(47)20-16-36-56(4,45-23-9-6-10-24-45)54-55(3,44-21-7-5-8-22-44)35-15-19-39-17-11-13-25-46(39)51-2/h5-14,17-18,21-34H,15-16,19-20,35-36H2,1-4H3. The molecule has 8 heteroatoms. The summed E-state index contributed by atoms with van der Waals surface area (Å²) < 4.78 is 25.3. The van der Waals surface area contributed by atoms with Crippen LogP contribution >= 0.6 is 0 Å². The first-order valence-corrected chi connectivity index (χ1v) is 24.5. The van der Waals surface area contributed by atoms with Crippen molar-refractivity contribution in [3.05, 3.63) is 180 Å². The van der Waals surface area contributed by atoms with E-state index in [2.05, 4.69) is 85.9 Å². The average Bonchev–Trinajstić information content (AvgIpc) is 3.22. The molecule has 0 N–H and O–H groups in total. The molecule has 0 saturated carbocycles. The average molecular weight is 779 g/mol. The van der Waals surface area contributed by atoms with Gasteiger partial charge in [-0.05, 0) is 140 Å². The van der Waals surface area contributed by atoms with Gasteiger partial charge in [0.2, 0.25) is 16.6 Å². The molecule has 0 radical (unpaired) electrons. The third-order valence-electron chi connectivity index (χ3n) is 10.4. The highest BCUT2D eigenvalue weighted by Crippen LogP contribution is 2.30. The Morgan fingerprint density at radius 2 is 0.946 bits per heavy atom. The first-order chi connectivity index (χ1) is 27.2. The van der Waals surface area contributed by atoms with Gasteiger partial charge in [-0.3, -0.25) is 4.79 Å². The van der Waals surface area contributed by atoms with Crippen LogP contribution < -0.4 is 24.6 Å². The van der Waals surface area contributed by atoms with Gasteiger partial charge < -0.3 is 18.3 Å². The van der Waals surface area contributed by atoms with Crippen LogP contribution in [0.5, 0.6) is 23.0 Å². The van der Waals surface area contributed by atoms with E-state index in [-0.39, 0.29) is 5.78 Å². The van der Waals surface area contributed by atoms with Gasteiger partial charge in [0.25, 0.3) is 0 Å². The number of para-hydroxylation sites is 2. The summed E-state index contributed by atoms with van der Waals surface area (Å²) in [5, 5.41) is 2.61. The van der Waals surface area contributed by atoms with Gasteiger partial charge >= 0.3 is 5.97 Å². The second kappa shape index (κ2) is 18.9. The van der Waals surface area contributed by atoms with Crippen molar-refractivity contribution < 1.29 is 27.9 Å². The van der Waals surface area contributed by atoms with Crippen molar-refractivity contribution >= 4 is 38.8 Å². The van der Waals surface area contributed by atoms with E-state index in [1.807, 2.05) is 36.4 Å². The molecule has 6 rings (SSSR count). The van der Waals surface area contributed by atoms with Crippen LogP contribution in [0.2, 0.25) is 25.2 Å². The van der Waals surface area contributed by atoms with E-state index >= 15 is 0 Å². The molecule has 0 heterocycles. The number of ether oxygens (including phenoxy) is 3. The van der Waals surface area contributed by atoms with E-state index in [1.165, 1.54) is 22.9 Å². The summed E-state index contributed by atoms with van der Waals surface area (Å²) in [7, 11) is -3.18. The summed E-state index contributed by atoms with van der Waals surface area (Å²) in [6.45, 7) is 6.29. The lowest BCUT2D eigenvalue weighted by Crippen LogP contribution is -2.60. The molecule has 56 heavy (non-hydrogen) atoms. The molecule has 0 aliphatic heterocycles. The lowest BCUT2D eigenvalue weighted by Gasteiger charge is -2.39. The number of aryl methyl sites for hydroxylation is 2. The molecule has 0 aliphatic rings. The topological polar surface area (TPSA) is 71.1 Å². The van der Waals surface area contributed by atoms with E-state index in [9.17, 15) is 9.59 Å². The third kappa shape index (κ3) is 10.4. The van der Waals surface area contributed by atoms with Crippen LogP contribution in [0.4, 0.5) is 0 Å². The second-order valence-corrected chi connectivity index (χ2v) is 22.4. The molecule has 0 saturated heterocycles. The number of esters is 1. The van der Waals surface area contributed by atoms with Gasteiger partial charge in [0.15, 0.2) is 5.78 Å². The van der Waals surface area contributed by atoms with E-state index in [4.69, 9.17) is 18.3 Å². The molecule has 6 nitrogen and oxygen atoms in total. The molecule has 0 fully saturated rings. The Hall–Kier alpha value is -5.55. The maximum atomic E-state index is 13.3. The van der Waals surface area contributed by atoms with Gasteiger partial charge in [0.05, 0.1) is 12.7 Å². The number of benzene rings is 6. The number of methoxy groups -OCH3 is 1. The van der Waals surface area contributed by atoms with Crippen molar-refractivity contribution in [1.82, 2.24) is 0 Å². The first kappa shape index (κ1) is 40.1. The summed E-state index contributed by atoms with van der Waals surface area (Å²) in [4.78, 5) is 24.9. The van der Waals surface area contributed by atoms with Gasteiger partial charge in [-0.15, -0.1) is 0 Å². The quantitative estimate of drug-likeness (QED) is 0.0375. The Morgan fingerprint density at radius 3 is 1.43 bits per heavy atom. The summed E-state index contributed by atoms with van der Waals surface area (Å²) in [5.41, 5.74) is 3.25. The predicted molar refractivity (Wildman–Crippen MR) is 230 cm³/mol. The molecule has 0 spiro atoms. The lowest BCUT2D eigenvalue weighted by molar-refractivity contribution is 0.0732. The van der Waals surface area contributed by atoms with Gasteiger partial charge in [0, 0.05) is 5.56 Å². The van der Waals surface area contributed by atoms with Gasteiger partial charge in [-0.25, -0.2) is 4.79 Å². The van der Waals surface area contributed by atoms with E-state index in [0.717, 1.165) is 49.1 Å². The van der Waals surface area contributed by atoms with Crippen molar-refractivity contribution in [2.24, 2.45) is 0 Å². The van der Waals surface area contributed by atoms with Crippen LogP contribution in [0.15, 0.2) is 158 Å². The molecular formula is C48H50O6Si2. The van der Waals surface area contributed by atoms with Crippen molar-refractivity contribution in [3.63, 3.8) is 0 Å². The normalized spacial score (nSPS) is 13.2. The fourth-order valence-corrected chi connectivity index (χ4v) is 17.1. The van der Waals surface area contributed by atoms with E-state index in [0.29, 0.717) is 28.4 Å². The van der Waals surface area contributed by atoms with Crippen LogP contribution in [0.3, 0.4) is 0 Å². The summed E-state index contributed by atoms with van der Waals surface area (Å²) in [5.74, 6) is 2.24. The third-order valence-corrected chi connectivity index (χ3v) is 19.7. The zero-order valence-corrected chi connectivity index (χ0v) is 34.7. The largest absolute Gasteiger partial charge is 0.496 e. The monoisotopic (exact) mass is 778 g/mol. The highest BCUT2D eigenvalue weighted by Gasteiger charge is 2.41. The molecule has 0 bridgehead atoms. The number of carbonyl (C=O) groups is 2. The number of Topliss-reactive ketones (excluding diaryl/α,β-unsaturated/α-hetero) is 1.